The van der Waals surface area contributed by atoms with E-state index in [4.69, 9.17) is 0 Å². The van der Waals surface area contributed by atoms with E-state index in [0.717, 1.165) is 49.4 Å². The van der Waals surface area contributed by atoms with Gasteiger partial charge in [0.15, 0.2) is 5.82 Å². The number of hydrogen-bond donors (Lipinski definition) is 0. The predicted molar refractivity (Wildman–Crippen MR) is 127 cm³/mol. The monoisotopic (exact) mass is 411 g/mol. The van der Waals surface area contributed by atoms with E-state index < -0.39 is 0 Å². The van der Waals surface area contributed by atoms with Crippen molar-refractivity contribution in [1.82, 2.24) is 24.9 Å². The van der Waals surface area contributed by atoms with Crippen molar-refractivity contribution < 1.29 is 0 Å². The van der Waals surface area contributed by atoms with Gasteiger partial charge in [-0.1, -0.05) is 48.5 Å². The lowest BCUT2D eigenvalue weighted by Crippen LogP contribution is -1.93. The summed E-state index contributed by atoms with van der Waals surface area (Å²) < 4.78 is 0. The van der Waals surface area contributed by atoms with Gasteiger partial charge < -0.3 is 0 Å². The van der Waals surface area contributed by atoms with Gasteiger partial charge in [-0.25, -0.2) is 15.0 Å². The molecule has 0 amide bonds. The van der Waals surface area contributed by atoms with Crippen molar-refractivity contribution in [2.24, 2.45) is 0 Å². The molecule has 5 heteroatoms. The molecule has 5 nitrogen and oxygen atoms in total. The van der Waals surface area contributed by atoms with E-state index in [0.29, 0.717) is 5.82 Å². The standard InChI is InChI=1S/C27H17N5/c1-3-7-23-18(5-1)12-28-14-25(23)20-9-21(11-22(10-20)27-31-16-30-17-32-27)26-15-29-13-19-6-2-4-8-24(19)26/h1-17H. The highest BCUT2D eigenvalue weighted by Crippen LogP contribution is 2.36. The van der Waals surface area contributed by atoms with Crippen molar-refractivity contribution in [3.05, 3.63) is 104 Å². The number of pyridine rings is 2. The Hall–Kier alpha value is -4.51. The van der Waals surface area contributed by atoms with Crippen LogP contribution in [0.4, 0.5) is 0 Å². The Morgan fingerprint density at radius 1 is 0.469 bits per heavy atom. The fourth-order valence-electron chi connectivity index (χ4n) is 4.15. The third kappa shape index (κ3) is 3.17. The number of rotatable bonds is 3. The van der Waals surface area contributed by atoms with E-state index >= 15 is 0 Å². The van der Waals surface area contributed by atoms with Crippen molar-refractivity contribution in [1.29, 1.82) is 0 Å². The second-order valence-electron chi connectivity index (χ2n) is 7.58. The number of nitrogens with zero attached hydrogens (tertiary/aromatic N) is 5. The Labute approximate surface area is 184 Å². The fraction of sp³-hybridized carbons (Fsp3) is 0. The van der Waals surface area contributed by atoms with E-state index in [1.165, 1.54) is 12.7 Å². The molecule has 0 aliphatic rings. The van der Waals surface area contributed by atoms with Gasteiger partial charge in [-0.3, -0.25) is 9.97 Å². The van der Waals surface area contributed by atoms with Crippen molar-refractivity contribution >= 4 is 21.5 Å². The third-order valence-corrected chi connectivity index (χ3v) is 5.64. The Morgan fingerprint density at radius 2 is 0.969 bits per heavy atom. The van der Waals surface area contributed by atoms with E-state index in [2.05, 4.69) is 79.5 Å². The molecule has 32 heavy (non-hydrogen) atoms. The van der Waals surface area contributed by atoms with Crippen molar-refractivity contribution in [3.63, 3.8) is 0 Å². The molecular weight excluding hydrogens is 394 g/mol. The topological polar surface area (TPSA) is 64.5 Å². The highest BCUT2D eigenvalue weighted by Gasteiger charge is 2.13. The van der Waals surface area contributed by atoms with Gasteiger partial charge in [-0.15, -0.1) is 0 Å². The van der Waals surface area contributed by atoms with Gasteiger partial charge >= 0.3 is 0 Å². The molecule has 0 fully saturated rings. The lowest BCUT2D eigenvalue weighted by molar-refractivity contribution is 1.06. The molecule has 0 saturated heterocycles. The first-order chi connectivity index (χ1) is 15.9. The Morgan fingerprint density at radius 3 is 1.53 bits per heavy atom. The summed E-state index contributed by atoms with van der Waals surface area (Å²) >= 11 is 0. The highest BCUT2D eigenvalue weighted by molar-refractivity contribution is 6.00. The highest BCUT2D eigenvalue weighted by atomic mass is 15.0. The number of benzene rings is 3. The fourth-order valence-corrected chi connectivity index (χ4v) is 4.15. The molecule has 0 aliphatic heterocycles. The van der Waals surface area contributed by atoms with E-state index in [1.807, 2.05) is 36.9 Å². The number of aromatic nitrogens is 5. The Kier molecular flexibility index (Phi) is 4.36. The number of hydrogen-bond acceptors (Lipinski definition) is 5. The van der Waals surface area contributed by atoms with Crippen LogP contribution in [-0.2, 0) is 0 Å². The van der Waals surface area contributed by atoms with Gasteiger partial charge in [-0.05, 0) is 40.1 Å². The second-order valence-corrected chi connectivity index (χ2v) is 7.58. The third-order valence-electron chi connectivity index (χ3n) is 5.64. The van der Waals surface area contributed by atoms with Crippen LogP contribution in [-0.4, -0.2) is 24.9 Å². The molecule has 0 unspecified atom stereocenters. The molecule has 0 spiro atoms. The summed E-state index contributed by atoms with van der Waals surface area (Å²) in [5.74, 6) is 0.629. The van der Waals surface area contributed by atoms with Crippen molar-refractivity contribution in [2.45, 2.75) is 0 Å². The molecule has 0 N–H and O–H groups in total. The second kappa shape index (κ2) is 7.63. The van der Waals surface area contributed by atoms with Gasteiger partial charge in [0.1, 0.15) is 12.7 Å². The minimum Gasteiger partial charge on any atom is -0.263 e. The Bertz CT molecular complexity index is 1470. The first-order valence-corrected chi connectivity index (χ1v) is 10.3. The van der Waals surface area contributed by atoms with Gasteiger partial charge in [0, 0.05) is 52.3 Å². The zero-order valence-electron chi connectivity index (χ0n) is 17.1. The van der Waals surface area contributed by atoms with Crippen molar-refractivity contribution in [2.75, 3.05) is 0 Å². The molecule has 0 bridgehead atoms. The van der Waals surface area contributed by atoms with Gasteiger partial charge in [0.05, 0.1) is 0 Å². The summed E-state index contributed by atoms with van der Waals surface area (Å²) in [6.07, 6.45) is 10.7. The quantitative estimate of drug-likeness (QED) is 0.359. The zero-order valence-corrected chi connectivity index (χ0v) is 17.1. The van der Waals surface area contributed by atoms with Crippen LogP contribution in [0.3, 0.4) is 0 Å². The summed E-state index contributed by atoms with van der Waals surface area (Å²) in [5, 5.41) is 4.50. The normalized spacial score (nSPS) is 11.1. The molecular formula is C27H17N5. The van der Waals surface area contributed by atoms with Gasteiger partial charge in [-0.2, -0.15) is 0 Å². The first-order valence-electron chi connectivity index (χ1n) is 10.3. The largest absolute Gasteiger partial charge is 0.263 e. The van der Waals surface area contributed by atoms with Crippen LogP contribution < -0.4 is 0 Å². The van der Waals surface area contributed by atoms with E-state index in [9.17, 15) is 0 Å². The van der Waals surface area contributed by atoms with Gasteiger partial charge in [0.2, 0.25) is 0 Å². The molecule has 0 radical (unpaired) electrons. The summed E-state index contributed by atoms with van der Waals surface area (Å²) in [6, 6.07) is 23.0. The first kappa shape index (κ1) is 18.3. The van der Waals surface area contributed by atoms with Crippen molar-refractivity contribution in [3.8, 4) is 33.6 Å². The lowest BCUT2D eigenvalue weighted by atomic mass is 9.93. The molecule has 150 valence electrons. The van der Waals surface area contributed by atoms with E-state index in [1.54, 1.807) is 0 Å². The van der Waals surface area contributed by atoms with Crippen LogP contribution >= 0.6 is 0 Å². The van der Waals surface area contributed by atoms with Crippen LogP contribution in [0.2, 0.25) is 0 Å². The van der Waals surface area contributed by atoms with Gasteiger partial charge in [0.25, 0.3) is 0 Å². The SMILES string of the molecule is c1ccc2c(-c3cc(-c4ncncn4)cc(-c4cncc5ccccc45)c3)cncc2c1. The molecule has 0 saturated carbocycles. The summed E-state index contributed by atoms with van der Waals surface area (Å²) in [6.45, 7) is 0. The zero-order chi connectivity index (χ0) is 21.3. The van der Waals surface area contributed by atoms with Crippen LogP contribution in [0.25, 0.3) is 55.2 Å². The molecule has 0 atom stereocenters. The smallest absolute Gasteiger partial charge is 0.162 e. The van der Waals surface area contributed by atoms with Crippen LogP contribution in [0.15, 0.2) is 104 Å². The molecule has 6 aromatic rings. The Balaban J connectivity index is 1.65. The predicted octanol–water partition coefficient (Wildman–Crippen LogP) is 5.97. The molecule has 0 aliphatic carbocycles. The molecule has 3 heterocycles. The molecule has 3 aromatic heterocycles. The van der Waals surface area contributed by atoms with E-state index in [-0.39, 0.29) is 0 Å². The lowest BCUT2D eigenvalue weighted by Gasteiger charge is -2.13. The van der Waals surface area contributed by atoms with Crippen LogP contribution in [0.1, 0.15) is 0 Å². The molecule has 6 rings (SSSR count). The van der Waals surface area contributed by atoms with Crippen LogP contribution in [0.5, 0.6) is 0 Å². The minimum atomic E-state index is 0.629. The maximum Gasteiger partial charge on any atom is 0.162 e. The summed E-state index contributed by atoms with van der Waals surface area (Å²) in [4.78, 5) is 21.7. The summed E-state index contributed by atoms with van der Waals surface area (Å²) in [5.41, 5.74) is 5.15. The summed E-state index contributed by atoms with van der Waals surface area (Å²) in [7, 11) is 0. The maximum absolute atomic E-state index is 4.49. The minimum absolute atomic E-state index is 0.629. The average Bonchev–Trinajstić information content (AvgIpc) is 2.88. The number of fused-ring (bicyclic) bond motifs is 2. The molecule has 3 aromatic carbocycles. The van der Waals surface area contributed by atoms with Crippen LogP contribution in [0, 0.1) is 0 Å². The maximum atomic E-state index is 4.49. The average molecular weight is 411 g/mol.